The number of carbonyl (C=O) groups is 1. The van der Waals surface area contributed by atoms with E-state index in [1.807, 2.05) is 11.8 Å². The van der Waals surface area contributed by atoms with E-state index in [9.17, 15) is 9.18 Å². The maximum Gasteiger partial charge on any atom is 0.230 e. The van der Waals surface area contributed by atoms with Crippen LogP contribution in [-0.4, -0.2) is 43.6 Å². The molecule has 0 radical (unpaired) electrons. The van der Waals surface area contributed by atoms with Crippen LogP contribution >= 0.6 is 0 Å². The Labute approximate surface area is 124 Å². The van der Waals surface area contributed by atoms with Gasteiger partial charge < -0.3 is 15.0 Å². The van der Waals surface area contributed by atoms with Gasteiger partial charge >= 0.3 is 0 Å². The normalized spacial score (nSPS) is 29.6. The Hall–Kier alpha value is -1.46. The van der Waals surface area contributed by atoms with Gasteiger partial charge in [-0.25, -0.2) is 4.39 Å². The second-order valence-electron chi connectivity index (χ2n) is 6.12. The molecule has 114 valence electrons. The van der Waals surface area contributed by atoms with Crippen LogP contribution in [0.1, 0.15) is 25.0 Å². The van der Waals surface area contributed by atoms with E-state index < -0.39 is 0 Å². The average molecular weight is 292 g/mol. The Morgan fingerprint density at radius 2 is 2.29 bits per heavy atom. The first-order valence-electron chi connectivity index (χ1n) is 7.46. The molecule has 5 heteroatoms. The van der Waals surface area contributed by atoms with Gasteiger partial charge in [0.2, 0.25) is 5.91 Å². The van der Waals surface area contributed by atoms with E-state index in [0.29, 0.717) is 31.8 Å². The summed E-state index contributed by atoms with van der Waals surface area (Å²) in [5, 5.41) is 3.25. The Morgan fingerprint density at radius 3 is 3.00 bits per heavy atom. The van der Waals surface area contributed by atoms with Crippen LogP contribution in [0.2, 0.25) is 0 Å². The highest BCUT2D eigenvalue weighted by Gasteiger charge is 2.40. The van der Waals surface area contributed by atoms with Gasteiger partial charge in [0.15, 0.2) is 0 Å². The van der Waals surface area contributed by atoms with Crippen LogP contribution < -0.4 is 5.32 Å². The molecule has 2 aliphatic heterocycles. The van der Waals surface area contributed by atoms with Gasteiger partial charge in [-0.2, -0.15) is 0 Å². The lowest BCUT2D eigenvalue weighted by Crippen LogP contribution is -2.49. The summed E-state index contributed by atoms with van der Waals surface area (Å²) in [6.07, 6.45) is 0.481. The second-order valence-corrected chi connectivity index (χ2v) is 6.12. The van der Waals surface area contributed by atoms with Gasteiger partial charge in [-0.15, -0.1) is 0 Å². The van der Waals surface area contributed by atoms with Crippen LogP contribution in [-0.2, 0) is 9.53 Å². The molecule has 2 saturated heterocycles. The van der Waals surface area contributed by atoms with Gasteiger partial charge in [0, 0.05) is 18.7 Å². The molecule has 0 aromatic heterocycles. The van der Waals surface area contributed by atoms with Gasteiger partial charge in [0.05, 0.1) is 18.6 Å². The molecule has 2 atom stereocenters. The number of benzene rings is 1. The Kier molecular flexibility index (Phi) is 3.95. The quantitative estimate of drug-likeness (QED) is 0.902. The zero-order chi connectivity index (χ0) is 14.9. The van der Waals surface area contributed by atoms with Gasteiger partial charge in [-0.1, -0.05) is 18.2 Å². The van der Waals surface area contributed by atoms with Gasteiger partial charge in [-0.05, 0) is 26.0 Å². The number of nitrogens with zero attached hydrogens (tertiary/aromatic N) is 1. The number of halogens is 1. The molecule has 1 aromatic rings. The molecule has 3 rings (SSSR count). The summed E-state index contributed by atoms with van der Waals surface area (Å²) in [6.45, 7) is 5.06. The number of hydrogen-bond donors (Lipinski definition) is 1. The molecule has 1 amide bonds. The van der Waals surface area contributed by atoms with Gasteiger partial charge in [0.25, 0.3) is 0 Å². The van der Waals surface area contributed by atoms with E-state index >= 15 is 0 Å². The highest BCUT2D eigenvalue weighted by molar-refractivity contribution is 5.83. The predicted octanol–water partition coefficient (Wildman–Crippen LogP) is 1.73. The van der Waals surface area contributed by atoms with Crippen molar-refractivity contribution >= 4 is 5.91 Å². The Balaban J connectivity index is 1.74. The van der Waals surface area contributed by atoms with Crippen molar-refractivity contribution in [2.75, 3.05) is 32.8 Å². The summed E-state index contributed by atoms with van der Waals surface area (Å²) >= 11 is 0. The Morgan fingerprint density at radius 1 is 1.48 bits per heavy atom. The second kappa shape index (κ2) is 5.73. The van der Waals surface area contributed by atoms with E-state index in [0.717, 1.165) is 13.0 Å². The minimum atomic E-state index is -0.373. The maximum atomic E-state index is 13.9. The minimum Gasteiger partial charge on any atom is -0.370 e. The average Bonchev–Trinajstić information content (AvgIpc) is 2.95. The summed E-state index contributed by atoms with van der Waals surface area (Å²) in [7, 11) is 0. The number of morpholine rings is 1. The highest BCUT2D eigenvalue weighted by atomic mass is 19.1. The van der Waals surface area contributed by atoms with Crippen LogP contribution in [0.5, 0.6) is 0 Å². The molecule has 2 fully saturated rings. The third-order valence-electron chi connectivity index (χ3n) is 4.49. The first-order chi connectivity index (χ1) is 10.1. The molecule has 1 N–H and O–H groups in total. The molecule has 2 heterocycles. The highest BCUT2D eigenvalue weighted by Crippen LogP contribution is 2.31. The molecule has 21 heavy (non-hydrogen) atoms. The number of carbonyl (C=O) groups excluding carboxylic acids is 1. The number of nitrogens with one attached hydrogen (secondary N) is 1. The molecule has 2 aliphatic rings. The van der Waals surface area contributed by atoms with Crippen LogP contribution in [0.3, 0.4) is 0 Å². The topological polar surface area (TPSA) is 41.6 Å². The van der Waals surface area contributed by atoms with Crippen molar-refractivity contribution in [2.45, 2.75) is 19.4 Å². The largest absolute Gasteiger partial charge is 0.370 e. The molecular weight excluding hydrogens is 271 g/mol. The summed E-state index contributed by atoms with van der Waals surface area (Å²) in [4.78, 5) is 14.5. The lowest BCUT2D eigenvalue weighted by Gasteiger charge is -2.37. The maximum absolute atomic E-state index is 13.9. The minimum absolute atomic E-state index is 0.150. The molecule has 1 aromatic carbocycles. The Bertz CT molecular complexity index is 529. The van der Waals surface area contributed by atoms with Crippen LogP contribution in [0.15, 0.2) is 24.3 Å². The molecule has 0 aliphatic carbocycles. The van der Waals surface area contributed by atoms with E-state index in [2.05, 4.69) is 5.32 Å². The molecule has 0 unspecified atom stereocenters. The van der Waals surface area contributed by atoms with Crippen molar-refractivity contribution in [3.05, 3.63) is 35.6 Å². The fourth-order valence-corrected chi connectivity index (χ4v) is 3.14. The first kappa shape index (κ1) is 14.5. The lowest BCUT2D eigenvalue weighted by atomic mass is 9.87. The van der Waals surface area contributed by atoms with Crippen molar-refractivity contribution in [3.63, 3.8) is 0 Å². The van der Waals surface area contributed by atoms with E-state index in [4.69, 9.17) is 4.74 Å². The van der Waals surface area contributed by atoms with Crippen LogP contribution in [0.4, 0.5) is 4.39 Å². The fraction of sp³-hybridized carbons (Fsp3) is 0.562. The zero-order valence-electron chi connectivity index (χ0n) is 12.3. The van der Waals surface area contributed by atoms with E-state index in [1.54, 1.807) is 18.2 Å². The van der Waals surface area contributed by atoms with Crippen molar-refractivity contribution in [3.8, 4) is 0 Å². The van der Waals surface area contributed by atoms with E-state index in [-0.39, 0.29) is 23.2 Å². The van der Waals surface area contributed by atoms with Gasteiger partial charge in [-0.3, -0.25) is 4.79 Å². The number of ether oxygens (including phenoxy) is 1. The van der Waals surface area contributed by atoms with Crippen LogP contribution in [0, 0.1) is 11.2 Å². The van der Waals surface area contributed by atoms with Crippen LogP contribution in [0.25, 0.3) is 0 Å². The smallest absolute Gasteiger partial charge is 0.230 e. The van der Waals surface area contributed by atoms with Crippen molar-refractivity contribution in [2.24, 2.45) is 5.41 Å². The van der Waals surface area contributed by atoms with Crippen molar-refractivity contribution < 1.29 is 13.9 Å². The summed E-state index contributed by atoms with van der Waals surface area (Å²) < 4.78 is 19.6. The van der Waals surface area contributed by atoms with Gasteiger partial charge in [0.1, 0.15) is 11.9 Å². The predicted molar refractivity (Wildman–Crippen MR) is 77.3 cm³/mol. The van der Waals surface area contributed by atoms with Crippen molar-refractivity contribution in [1.29, 1.82) is 0 Å². The van der Waals surface area contributed by atoms with E-state index in [1.165, 1.54) is 6.07 Å². The summed E-state index contributed by atoms with van der Waals surface area (Å²) in [5.74, 6) is -0.123. The monoisotopic (exact) mass is 292 g/mol. The molecule has 0 saturated carbocycles. The molecule has 0 bridgehead atoms. The standard InChI is InChI=1S/C16H21FN2O2/c1-16(6-7-18-11-16)15(20)19-8-9-21-14(10-19)12-4-2-3-5-13(12)17/h2-5,14,18H,6-11H2,1H3/t14-,16+/m1/s1. The lowest BCUT2D eigenvalue weighted by molar-refractivity contribution is -0.148. The number of hydrogen-bond acceptors (Lipinski definition) is 3. The fourth-order valence-electron chi connectivity index (χ4n) is 3.14. The number of amides is 1. The third kappa shape index (κ3) is 2.80. The van der Waals surface area contributed by atoms with Crippen molar-refractivity contribution in [1.82, 2.24) is 10.2 Å². The number of rotatable bonds is 2. The molecule has 0 spiro atoms. The summed E-state index contributed by atoms with van der Waals surface area (Å²) in [6, 6.07) is 6.62. The molecule has 4 nitrogen and oxygen atoms in total. The first-order valence-corrected chi connectivity index (χ1v) is 7.46. The zero-order valence-corrected chi connectivity index (χ0v) is 12.3. The third-order valence-corrected chi connectivity index (χ3v) is 4.49. The SMILES string of the molecule is C[C@]1(C(=O)N2CCO[C@@H](c3ccccc3F)C2)CCNC1. The molecular formula is C16H21FN2O2. The summed E-state index contributed by atoms with van der Waals surface area (Å²) in [5.41, 5.74) is 0.196.